The average molecular weight is 295 g/mol. The van der Waals surface area contributed by atoms with E-state index in [1.165, 1.54) is 21.3 Å². The van der Waals surface area contributed by atoms with Crippen molar-refractivity contribution in [3.8, 4) is 17.2 Å². The zero-order chi connectivity index (χ0) is 15.4. The van der Waals surface area contributed by atoms with Crippen LogP contribution in [-0.4, -0.2) is 56.4 Å². The fourth-order valence-electron chi connectivity index (χ4n) is 2.31. The van der Waals surface area contributed by atoms with E-state index in [4.69, 9.17) is 19.3 Å². The summed E-state index contributed by atoms with van der Waals surface area (Å²) in [5.74, 6) is 1.21. The number of hydrogen-bond acceptors (Lipinski definition) is 5. The quantitative estimate of drug-likeness (QED) is 0.821. The molecule has 0 aromatic heterocycles. The Bertz CT molecular complexity index is 488. The van der Waals surface area contributed by atoms with Gasteiger partial charge in [-0.2, -0.15) is 0 Å². The molecule has 0 aliphatic heterocycles. The Balaban J connectivity index is 2.35. The normalized spacial score (nSPS) is 13.7. The average Bonchev–Trinajstić information content (AvgIpc) is 3.34. The number of amides is 1. The van der Waals surface area contributed by atoms with Crippen LogP contribution in [0.4, 0.5) is 0 Å². The lowest BCUT2D eigenvalue weighted by atomic mass is 10.1. The minimum absolute atomic E-state index is 0.0489. The molecule has 1 fully saturated rings. The van der Waals surface area contributed by atoms with Gasteiger partial charge < -0.3 is 24.2 Å². The minimum atomic E-state index is -0.134. The van der Waals surface area contributed by atoms with Crippen LogP contribution < -0.4 is 14.2 Å². The summed E-state index contributed by atoms with van der Waals surface area (Å²) in [7, 11) is 4.54. The lowest BCUT2D eigenvalue weighted by molar-refractivity contribution is 0.0707. The van der Waals surface area contributed by atoms with E-state index in [-0.39, 0.29) is 18.6 Å². The van der Waals surface area contributed by atoms with Gasteiger partial charge in [-0.1, -0.05) is 0 Å². The molecule has 0 bridgehead atoms. The predicted octanol–water partition coefficient (Wildman–Crippen LogP) is 1.31. The van der Waals surface area contributed by atoms with Crippen molar-refractivity contribution in [1.82, 2.24) is 4.90 Å². The monoisotopic (exact) mass is 295 g/mol. The summed E-state index contributed by atoms with van der Waals surface area (Å²) in [4.78, 5) is 14.3. The SMILES string of the molecule is COc1cc(C(=O)N(CCO)C2CC2)cc(OC)c1OC. The van der Waals surface area contributed by atoms with Gasteiger partial charge in [-0.25, -0.2) is 0 Å². The maximum atomic E-state index is 12.6. The van der Waals surface area contributed by atoms with E-state index in [0.717, 1.165) is 12.8 Å². The van der Waals surface area contributed by atoms with E-state index in [1.807, 2.05) is 0 Å². The summed E-state index contributed by atoms with van der Waals surface area (Å²) in [5, 5.41) is 9.13. The molecule has 0 spiro atoms. The number of carbonyl (C=O) groups excluding carboxylic acids is 1. The lowest BCUT2D eigenvalue weighted by Gasteiger charge is -2.22. The highest BCUT2D eigenvalue weighted by Crippen LogP contribution is 2.39. The molecule has 0 saturated heterocycles. The molecule has 1 aromatic carbocycles. The van der Waals surface area contributed by atoms with Crippen LogP contribution in [0.15, 0.2) is 12.1 Å². The zero-order valence-electron chi connectivity index (χ0n) is 12.6. The summed E-state index contributed by atoms with van der Waals surface area (Å²) < 4.78 is 15.8. The highest BCUT2D eigenvalue weighted by molar-refractivity contribution is 5.96. The fraction of sp³-hybridized carbons (Fsp3) is 0.533. The second kappa shape index (κ2) is 6.67. The second-order valence-electron chi connectivity index (χ2n) is 4.87. The van der Waals surface area contributed by atoms with Gasteiger partial charge in [0.25, 0.3) is 5.91 Å². The third-order valence-corrected chi connectivity index (χ3v) is 3.50. The molecular formula is C15H21NO5. The first kappa shape index (κ1) is 15.4. The van der Waals surface area contributed by atoms with E-state index in [0.29, 0.717) is 29.4 Å². The van der Waals surface area contributed by atoms with Gasteiger partial charge >= 0.3 is 0 Å². The molecule has 6 heteroatoms. The topological polar surface area (TPSA) is 68.2 Å². The highest BCUT2D eigenvalue weighted by atomic mass is 16.5. The van der Waals surface area contributed by atoms with E-state index in [1.54, 1.807) is 17.0 Å². The van der Waals surface area contributed by atoms with Crippen LogP contribution in [0.2, 0.25) is 0 Å². The molecule has 21 heavy (non-hydrogen) atoms. The molecule has 116 valence electrons. The van der Waals surface area contributed by atoms with Crippen molar-refractivity contribution in [3.05, 3.63) is 17.7 Å². The molecule has 2 rings (SSSR count). The molecule has 1 N–H and O–H groups in total. The largest absolute Gasteiger partial charge is 0.493 e. The first-order valence-electron chi connectivity index (χ1n) is 6.88. The second-order valence-corrected chi connectivity index (χ2v) is 4.87. The van der Waals surface area contributed by atoms with Crippen LogP contribution in [0.1, 0.15) is 23.2 Å². The van der Waals surface area contributed by atoms with Gasteiger partial charge in [0.05, 0.1) is 27.9 Å². The van der Waals surface area contributed by atoms with Gasteiger partial charge in [-0.15, -0.1) is 0 Å². The molecule has 0 radical (unpaired) electrons. The summed E-state index contributed by atoms with van der Waals surface area (Å²) in [6, 6.07) is 3.50. The van der Waals surface area contributed by atoms with E-state index >= 15 is 0 Å². The number of aliphatic hydroxyl groups is 1. The summed E-state index contributed by atoms with van der Waals surface area (Å²) in [5.41, 5.74) is 0.463. The number of nitrogens with zero attached hydrogens (tertiary/aromatic N) is 1. The van der Waals surface area contributed by atoms with Crippen molar-refractivity contribution in [2.75, 3.05) is 34.5 Å². The van der Waals surface area contributed by atoms with Crippen molar-refractivity contribution >= 4 is 5.91 Å². The van der Waals surface area contributed by atoms with Crippen LogP contribution in [0, 0.1) is 0 Å². The number of carbonyl (C=O) groups is 1. The first-order valence-corrected chi connectivity index (χ1v) is 6.88. The molecule has 0 atom stereocenters. The summed E-state index contributed by atoms with van der Waals surface area (Å²) in [6.45, 7) is 0.285. The van der Waals surface area contributed by atoms with Crippen LogP contribution >= 0.6 is 0 Å². The van der Waals surface area contributed by atoms with E-state index in [9.17, 15) is 4.79 Å². The van der Waals surface area contributed by atoms with Crippen molar-refractivity contribution < 1.29 is 24.1 Å². The fourth-order valence-corrected chi connectivity index (χ4v) is 2.31. The van der Waals surface area contributed by atoms with Gasteiger partial charge in [0.15, 0.2) is 11.5 Å². The molecular weight excluding hydrogens is 274 g/mol. The van der Waals surface area contributed by atoms with Gasteiger partial charge in [0.1, 0.15) is 0 Å². The third kappa shape index (κ3) is 3.21. The van der Waals surface area contributed by atoms with Crippen molar-refractivity contribution in [2.24, 2.45) is 0 Å². The number of benzene rings is 1. The molecule has 1 aromatic rings. The number of methoxy groups -OCH3 is 3. The maximum Gasteiger partial charge on any atom is 0.254 e. The predicted molar refractivity (Wildman–Crippen MR) is 77.2 cm³/mol. The number of ether oxygens (including phenoxy) is 3. The zero-order valence-corrected chi connectivity index (χ0v) is 12.6. The Labute approximate surface area is 124 Å². The Morgan fingerprint density at radius 2 is 1.76 bits per heavy atom. The van der Waals surface area contributed by atoms with Crippen molar-refractivity contribution in [1.29, 1.82) is 0 Å². The Morgan fingerprint density at radius 1 is 1.19 bits per heavy atom. The van der Waals surface area contributed by atoms with Gasteiger partial charge in [-0.3, -0.25) is 4.79 Å². The van der Waals surface area contributed by atoms with Crippen molar-refractivity contribution in [3.63, 3.8) is 0 Å². The van der Waals surface area contributed by atoms with Gasteiger partial charge in [0, 0.05) is 18.2 Å². The highest BCUT2D eigenvalue weighted by Gasteiger charge is 2.33. The standard InChI is InChI=1S/C15H21NO5/c1-19-12-8-10(9-13(20-2)14(12)21-3)15(18)16(6-7-17)11-4-5-11/h8-9,11,17H,4-7H2,1-3H3. The van der Waals surface area contributed by atoms with Crippen LogP contribution in [0.3, 0.4) is 0 Å². The van der Waals surface area contributed by atoms with Crippen LogP contribution in [0.5, 0.6) is 17.2 Å². The Morgan fingerprint density at radius 3 is 2.14 bits per heavy atom. The minimum Gasteiger partial charge on any atom is -0.493 e. The first-order chi connectivity index (χ1) is 10.2. The maximum absolute atomic E-state index is 12.6. The van der Waals surface area contributed by atoms with E-state index in [2.05, 4.69) is 0 Å². The number of rotatable bonds is 7. The van der Waals surface area contributed by atoms with Gasteiger partial charge in [0.2, 0.25) is 5.75 Å². The summed E-state index contributed by atoms with van der Waals surface area (Å²) >= 11 is 0. The molecule has 1 amide bonds. The van der Waals surface area contributed by atoms with Crippen LogP contribution in [0.25, 0.3) is 0 Å². The number of hydrogen-bond donors (Lipinski definition) is 1. The smallest absolute Gasteiger partial charge is 0.254 e. The molecule has 1 aliphatic rings. The molecule has 1 aliphatic carbocycles. The lowest BCUT2D eigenvalue weighted by Crippen LogP contribution is -2.35. The Kier molecular flexibility index (Phi) is 4.90. The molecule has 0 heterocycles. The molecule has 0 unspecified atom stereocenters. The van der Waals surface area contributed by atoms with E-state index < -0.39 is 0 Å². The number of aliphatic hydroxyl groups excluding tert-OH is 1. The van der Waals surface area contributed by atoms with Crippen molar-refractivity contribution in [2.45, 2.75) is 18.9 Å². The Hall–Kier alpha value is -1.95. The van der Waals surface area contributed by atoms with Crippen LogP contribution in [-0.2, 0) is 0 Å². The molecule has 1 saturated carbocycles. The summed E-state index contributed by atoms with van der Waals surface area (Å²) in [6.07, 6.45) is 1.96. The van der Waals surface area contributed by atoms with Gasteiger partial charge in [-0.05, 0) is 25.0 Å². The third-order valence-electron chi connectivity index (χ3n) is 3.50. The molecule has 6 nitrogen and oxygen atoms in total.